The van der Waals surface area contributed by atoms with Crippen LogP contribution in [0.3, 0.4) is 0 Å². The first kappa shape index (κ1) is 21.4. The van der Waals surface area contributed by atoms with Gasteiger partial charge in [0.1, 0.15) is 24.3 Å². The molecule has 0 saturated carbocycles. The van der Waals surface area contributed by atoms with E-state index in [0.717, 1.165) is 12.1 Å². The molecule has 10 heteroatoms. The number of nitrogens with one attached hydrogen (secondary N) is 2. The van der Waals surface area contributed by atoms with Crippen molar-refractivity contribution in [2.45, 2.75) is 39.0 Å². The molecular weight excluding hydrogens is 424 g/mol. The lowest BCUT2D eigenvalue weighted by atomic mass is 10.0. The summed E-state index contributed by atoms with van der Waals surface area (Å²) < 4.78 is 32.5. The van der Waals surface area contributed by atoms with E-state index in [0.29, 0.717) is 16.7 Å². The van der Waals surface area contributed by atoms with Crippen LogP contribution in [0.15, 0.2) is 30.3 Å². The molecule has 166 valence electrons. The van der Waals surface area contributed by atoms with Gasteiger partial charge in [-0.2, -0.15) is 0 Å². The highest BCUT2D eigenvalue weighted by Crippen LogP contribution is 2.28. The summed E-state index contributed by atoms with van der Waals surface area (Å²) in [6.45, 7) is 1.43. The number of hydrogen-bond donors (Lipinski definition) is 2. The Morgan fingerprint density at radius 2 is 1.97 bits per heavy atom. The van der Waals surface area contributed by atoms with Gasteiger partial charge in [0.15, 0.2) is 0 Å². The van der Waals surface area contributed by atoms with Crippen LogP contribution in [0.4, 0.5) is 19.3 Å². The van der Waals surface area contributed by atoms with Gasteiger partial charge in [0, 0.05) is 24.6 Å². The summed E-state index contributed by atoms with van der Waals surface area (Å²) in [7, 11) is 0. The molecule has 2 N–H and O–H groups in total. The van der Waals surface area contributed by atoms with Gasteiger partial charge in [-0.15, -0.1) is 0 Å². The van der Waals surface area contributed by atoms with Crippen LogP contribution in [0.5, 0.6) is 0 Å². The highest BCUT2D eigenvalue weighted by Gasteiger charge is 2.39. The number of fused-ring (bicyclic) bond motifs is 1. The van der Waals surface area contributed by atoms with Crippen molar-refractivity contribution >= 4 is 29.5 Å². The molecule has 0 aromatic heterocycles. The molecule has 4 amide bonds. The fraction of sp³-hybridized carbons (Fsp3) is 0.273. The van der Waals surface area contributed by atoms with Crippen LogP contribution in [0.1, 0.15) is 39.9 Å². The number of hydrogen-bond acceptors (Lipinski definition) is 5. The Morgan fingerprint density at radius 3 is 2.72 bits per heavy atom. The molecule has 2 heterocycles. The van der Waals surface area contributed by atoms with Gasteiger partial charge in [0.05, 0.1) is 5.69 Å². The molecule has 1 saturated heterocycles. The number of benzene rings is 2. The molecular formula is C22H19F2N3O5. The Labute approximate surface area is 181 Å². The lowest BCUT2D eigenvalue weighted by Gasteiger charge is -2.29. The standard InChI is InChI=1S/C22H19F2N3O5/c1-11-6-16(24)17(8-15(11)23)25-22(31)32-10-12-2-3-13-9-27(21(30)14(13)7-12)18-4-5-19(28)26-20(18)29/h2-3,6-8,18H,4-5,9-10H2,1H3,(H,25,31)(H,26,28,29). The van der Waals surface area contributed by atoms with Gasteiger partial charge in [0.2, 0.25) is 11.8 Å². The third-order valence-corrected chi connectivity index (χ3v) is 5.45. The number of aryl methyl sites for hydroxylation is 1. The molecule has 4 rings (SSSR count). The van der Waals surface area contributed by atoms with Gasteiger partial charge in [-0.3, -0.25) is 25.0 Å². The minimum Gasteiger partial charge on any atom is -0.444 e. The third kappa shape index (κ3) is 4.16. The van der Waals surface area contributed by atoms with E-state index in [2.05, 4.69) is 10.6 Å². The average molecular weight is 443 g/mol. The Morgan fingerprint density at radius 1 is 1.19 bits per heavy atom. The first-order chi connectivity index (χ1) is 15.2. The molecule has 1 atom stereocenters. The number of imide groups is 1. The van der Waals surface area contributed by atoms with E-state index < -0.39 is 29.7 Å². The molecule has 0 bridgehead atoms. The number of halogens is 2. The van der Waals surface area contributed by atoms with Crippen molar-refractivity contribution < 1.29 is 32.7 Å². The maximum Gasteiger partial charge on any atom is 0.412 e. The van der Waals surface area contributed by atoms with Gasteiger partial charge >= 0.3 is 6.09 Å². The van der Waals surface area contributed by atoms with E-state index in [1.807, 2.05) is 0 Å². The molecule has 32 heavy (non-hydrogen) atoms. The van der Waals surface area contributed by atoms with Crippen molar-refractivity contribution in [1.29, 1.82) is 0 Å². The summed E-state index contributed by atoms with van der Waals surface area (Å²) in [5.74, 6) is -2.67. The zero-order valence-corrected chi connectivity index (χ0v) is 17.0. The summed E-state index contributed by atoms with van der Waals surface area (Å²) >= 11 is 0. The third-order valence-electron chi connectivity index (χ3n) is 5.45. The number of ether oxygens (including phenoxy) is 1. The van der Waals surface area contributed by atoms with Crippen molar-refractivity contribution in [3.8, 4) is 0 Å². The quantitative estimate of drug-likeness (QED) is 0.707. The zero-order chi connectivity index (χ0) is 23.0. The summed E-state index contributed by atoms with van der Waals surface area (Å²) in [6, 6.07) is 6.03. The van der Waals surface area contributed by atoms with E-state index in [1.165, 1.54) is 11.8 Å². The van der Waals surface area contributed by atoms with Crippen LogP contribution in [0.2, 0.25) is 0 Å². The predicted octanol–water partition coefficient (Wildman–Crippen LogP) is 2.78. The maximum atomic E-state index is 13.9. The number of anilines is 1. The molecule has 2 aliphatic heterocycles. The van der Waals surface area contributed by atoms with Crippen LogP contribution >= 0.6 is 0 Å². The molecule has 0 aliphatic carbocycles. The van der Waals surface area contributed by atoms with Crippen LogP contribution in [-0.4, -0.2) is 34.8 Å². The topological polar surface area (TPSA) is 105 Å². The molecule has 8 nitrogen and oxygen atoms in total. The second-order valence-corrected chi connectivity index (χ2v) is 7.67. The summed E-state index contributed by atoms with van der Waals surface area (Å²) in [4.78, 5) is 49.7. The first-order valence-corrected chi connectivity index (χ1v) is 9.89. The van der Waals surface area contributed by atoms with Crippen LogP contribution in [0, 0.1) is 18.6 Å². The smallest absolute Gasteiger partial charge is 0.412 e. The Kier molecular flexibility index (Phi) is 5.60. The maximum absolute atomic E-state index is 13.9. The number of nitrogens with zero attached hydrogens (tertiary/aromatic N) is 1. The fourth-order valence-corrected chi connectivity index (χ4v) is 3.73. The largest absolute Gasteiger partial charge is 0.444 e. The minimum atomic E-state index is -0.982. The van der Waals surface area contributed by atoms with E-state index in [-0.39, 0.29) is 49.1 Å². The molecule has 2 aromatic carbocycles. The second kappa shape index (κ2) is 8.37. The highest BCUT2D eigenvalue weighted by molar-refractivity contribution is 6.05. The van der Waals surface area contributed by atoms with E-state index in [4.69, 9.17) is 4.74 Å². The van der Waals surface area contributed by atoms with Gasteiger partial charge in [0.25, 0.3) is 5.91 Å². The minimum absolute atomic E-state index is 0.107. The van der Waals surface area contributed by atoms with Crippen molar-refractivity contribution in [1.82, 2.24) is 10.2 Å². The van der Waals surface area contributed by atoms with Crippen molar-refractivity contribution in [2.75, 3.05) is 5.32 Å². The van der Waals surface area contributed by atoms with Gasteiger partial charge in [-0.05, 0) is 42.2 Å². The molecule has 0 spiro atoms. The van der Waals surface area contributed by atoms with Crippen molar-refractivity contribution in [3.63, 3.8) is 0 Å². The Hall–Kier alpha value is -3.82. The number of piperidine rings is 1. The van der Waals surface area contributed by atoms with Crippen LogP contribution in [0.25, 0.3) is 0 Å². The first-order valence-electron chi connectivity index (χ1n) is 9.89. The lowest BCUT2D eigenvalue weighted by Crippen LogP contribution is -2.52. The lowest BCUT2D eigenvalue weighted by molar-refractivity contribution is -0.136. The van der Waals surface area contributed by atoms with E-state index in [1.54, 1.807) is 18.2 Å². The zero-order valence-electron chi connectivity index (χ0n) is 17.0. The molecule has 2 aromatic rings. The van der Waals surface area contributed by atoms with Gasteiger partial charge < -0.3 is 9.64 Å². The van der Waals surface area contributed by atoms with Crippen LogP contribution < -0.4 is 10.6 Å². The molecule has 0 radical (unpaired) electrons. The summed E-state index contributed by atoms with van der Waals surface area (Å²) in [6.07, 6.45) is -0.559. The molecule has 2 aliphatic rings. The summed E-state index contributed by atoms with van der Waals surface area (Å²) in [5, 5.41) is 4.39. The summed E-state index contributed by atoms with van der Waals surface area (Å²) in [5.41, 5.74) is 1.36. The van der Waals surface area contributed by atoms with Crippen molar-refractivity contribution in [2.24, 2.45) is 0 Å². The van der Waals surface area contributed by atoms with Crippen LogP contribution in [-0.2, 0) is 27.5 Å². The predicted molar refractivity (Wildman–Crippen MR) is 107 cm³/mol. The SMILES string of the molecule is Cc1cc(F)c(NC(=O)OCc2ccc3c(c2)C(=O)N(C2CCC(=O)NC2=O)C3)cc1F. The number of amides is 4. The highest BCUT2D eigenvalue weighted by atomic mass is 19.1. The van der Waals surface area contributed by atoms with Gasteiger partial charge in [-0.1, -0.05) is 12.1 Å². The normalized spacial score (nSPS) is 17.8. The monoisotopic (exact) mass is 443 g/mol. The fourth-order valence-electron chi connectivity index (χ4n) is 3.73. The Balaban J connectivity index is 1.40. The van der Waals surface area contributed by atoms with Gasteiger partial charge in [-0.25, -0.2) is 13.6 Å². The molecule has 1 fully saturated rings. The average Bonchev–Trinajstić information content (AvgIpc) is 3.06. The van der Waals surface area contributed by atoms with E-state index >= 15 is 0 Å². The number of rotatable bonds is 4. The second-order valence-electron chi connectivity index (χ2n) is 7.67. The van der Waals surface area contributed by atoms with Crippen molar-refractivity contribution in [3.05, 3.63) is 64.2 Å². The Bertz CT molecular complexity index is 1150. The number of carbonyl (C=O) groups excluding carboxylic acids is 4. The number of carbonyl (C=O) groups is 4. The molecule has 1 unspecified atom stereocenters. The van der Waals surface area contributed by atoms with E-state index in [9.17, 15) is 28.0 Å².